The van der Waals surface area contributed by atoms with Crippen LogP contribution < -0.4 is 4.90 Å². The van der Waals surface area contributed by atoms with Crippen molar-refractivity contribution >= 4 is 22.4 Å². The third-order valence-corrected chi connectivity index (χ3v) is 3.81. The van der Waals surface area contributed by atoms with Crippen LogP contribution in [0.3, 0.4) is 0 Å². The maximum Gasteiger partial charge on any atom is 0.231 e. The van der Waals surface area contributed by atoms with E-state index in [1.807, 2.05) is 20.8 Å². The Hall–Kier alpha value is -1.82. The van der Waals surface area contributed by atoms with Gasteiger partial charge in [0.05, 0.1) is 0 Å². The van der Waals surface area contributed by atoms with Gasteiger partial charge in [-0.3, -0.25) is 9.69 Å². The molecule has 0 unspecified atom stereocenters. The van der Waals surface area contributed by atoms with Gasteiger partial charge in [0.25, 0.3) is 0 Å². The summed E-state index contributed by atoms with van der Waals surface area (Å²) in [7, 11) is 0. The van der Waals surface area contributed by atoms with Gasteiger partial charge in [0.2, 0.25) is 11.0 Å². The molecule has 0 aliphatic carbocycles. The van der Waals surface area contributed by atoms with Crippen LogP contribution in [-0.2, 0) is 4.79 Å². The zero-order chi connectivity index (χ0) is 14.7. The molecule has 0 atom stereocenters. The Morgan fingerprint density at radius 1 is 1.30 bits per heavy atom. The molecule has 0 fully saturated rings. The number of rotatable bonds is 4. The van der Waals surface area contributed by atoms with Crippen LogP contribution in [0.15, 0.2) is 24.3 Å². The average molecular weight is 293 g/mol. The number of aromatic nitrogens is 2. The molecule has 1 amide bonds. The number of carbonyl (C=O) groups is 1. The molecule has 1 aromatic heterocycles. The number of halogens is 1. The Labute approximate surface area is 121 Å². The molecule has 0 N–H and O–H groups in total. The van der Waals surface area contributed by atoms with Crippen LogP contribution in [0.2, 0.25) is 0 Å². The summed E-state index contributed by atoms with van der Waals surface area (Å²) in [5, 5.41) is 9.40. The van der Waals surface area contributed by atoms with E-state index in [1.165, 1.54) is 23.5 Å². The first-order valence-corrected chi connectivity index (χ1v) is 7.25. The van der Waals surface area contributed by atoms with Crippen molar-refractivity contribution in [3.8, 4) is 10.6 Å². The molecule has 20 heavy (non-hydrogen) atoms. The molecule has 0 aliphatic rings. The quantitative estimate of drug-likeness (QED) is 0.868. The molecule has 4 nitrogen and oxygen atoms in total. The highest BCUT2D eigenvalue weighted by atomic mass is 32.1. The Morgan fingerprint density at radius 3 is 2.50 bits per heavy atom. The fourth-order valence-corrected chi connectivity index (χ4v) is 2.65. The van der Waals surface area contributed by atoms with Gasteiger partial charge in [-0.25, -0.2) is 4.39 Å². The normalized spacial score (nSPS) is 10.8. The largest absolute Gasteiger partial charge is 0.287 e. The molecule has 0 bridgehead atoms. The van der Waals surface area contributed by atoms with Crippen molar-refractivity contribution in [2.45, 2.75) is 20.8 Å². The van der Waals surface area contributed by atoms with Crippen LogP contribution in [0.4, 0.5) is 9.52 Å². The van der Waals surface area contributed by atoms with Gasteiger partial charge in [-0.2, -0.15) is 0 Å². The summed E-state index contributed by atoms with van der Waals surface area (Å²) >= 11 is 1.33. The number of hydrogen-bond donors (Lipinski definition) is 0. The van der Waals surface area contributed by atoms with Gasteiger partial charge in [-0.15, -0.1) is 10.2 Å². The summed E-state index contributed by atoms with van der Waals surface area (Å²) in [5.74, 6) is -0.355. The van der Waals surface area contributed by atoms with E-state index in [1.54, 1.807) is 17.0 Å². The van der Waals surface area contributed by atoms with Crippen molar-refractivity contribution in [1.82, 2.24) is 10.2 Å². The molecule has 6 heteroatoms. The van der Waals surface area contributed by atoms with E-state index in [2.05, 4.69) is 10.2 Å². The summed E-state index contributed by atoms with van der Waals surface area (Å²) in [6.45, 7) is 6.16. The first kappa shape index (κ1) is 14.6. The Kier molecular flexibility index (Phi) is 4.44. The van der Waals surface area contributed by atoms with Crippen molar-refractivity contribution < 1.29 is 9.18 Å². The lowest BCUT2D eigenvalue weighted by molar-refractivity contribution is -0.121. The molecule has 1 heterocycles. The van der Waals surface area contributed by atoms with Crippen molar-refractivity contribution in [1.29, 1.82) is 0 Å². The third kappa shape index (κ3) is 3.01. The maximum absolute atomic E-state index is 12.9. The predicted octanol–water partition coefficient (Wildman–Crippen LogP) is 3.35. The smallest absolute Gasteiger partial charge is 0.231 e. The van der Waals surface area contributed by atoms with Gasteiger partial charge in [0, 0.05) is 18.0 Å². The molecular weight excluding hydrogens is 277 g/mol. The van der Waals surface area contributed by atoms with E-state index in [4.69, 9.17) is 0 Å². The molecule has 2 aromatic rings. The second kappa shape index (κ2) is 6.09. The van der Waals surface area contributed by atoms with E-state index >= 15 is 0 Å². The van der Waals surface area contributed by atoms with Gasteiger partial charge in [0.1, 0.15) is 10.8 Å². The molecule has 2 rings (SSSR count). The van der Waals surface area contributed by atoms with Gasteiger partial charge >= 0.3 is 0 Å². The third-order valence-electron chi connectivity index (χ3n) is 2.81. The summed E-state index contributed by atoms with van der Waals surface area (Å²) in [6.07, 6.45) is 0. The summed E-state index contributed by atoms with van der Waals surface area (Å²) in [4.78, 5) is 13.7. The molecular formula is C14H16FN3OS. The minimum atomic E-state index is -0.288. The monoisotopic (exact) mass is 293 g/mol. The first-order valence-electron chi connectivity index (χ1n) is 6.43. The van der Waals surface area contributed by atoms with Crippen LogP contribution in [0, 0.1) is 11.7 Å². The molecule has 0 aliphatic heterocycles. The van der Waals surface area contributed by atoms with Crippen molar-refractivity contribution in [2.75, 3.05) is 11.4 Å². The molecule has 0 spiro atoms. The lowest BCUT2D eigenvalue weighted by atomic mass is 10.2. The van der Waals surface area contributed by atoms with Gasteiger partial charge in [0.15, 0.2) is 0 Å². The second-order valence-electron chi connectivity index (χ2n) is 4.63. The maximum atomic E-state index is 12.9. The van der Waals surface area contributed by atoms with E-state index in [0.717, 1.165) is 5.56 Å². The van der Waals surface area contributed by atoms with E-state index in [9.17, 15) is 9.18 Å². The van der Waals surface area contributed by atoms with Crippen molar-refractivity contribution in [3.63, 3.8) is 0 Å². The molecule has 0 saturated heterocycles. The Bertz CT molecular complexity index is 595. The van der Waals surface area contributed by atoms with Crippen LogP contribution in [-0.4, -0.2) is 22.6 Å². The average Bonchev–Trinajstić information content (AvgIpc) is 2.89. The van der Waals surface area contributed by atoms with E-state index in [-0.39, 0.29) is 17.6 Å². The molecule has 1 aromatic carbocycles. The van der Waals surface area contributed by atoms with Crippen LogP contribution >= 0.6 is 11.3 Å². The highest BCUT2D eigenvalue weighted by Gasteiger charge is 2.21. The minimum Gasteiger partial charge on any atom is -0.287 e. The van der Waals surface area contributed by atoms with Gasteiger partial charge in [-0.05, 0) is 31.2 Å². The highest BCUT2D eigenvalue weighted by molar-refractivity contribution is 7.18. The predicted molar refractivity (Wildman–Crippen MR) is 78.2 cm³/mol. The summed E-state index contributed by atoms with van der Waals surface area (Å²) < 4.78 is 12.9. The number of benzene rings is 1. The fourth-order valence-electron chi connectivity index (χ4n) is 1.73. The lowest BCUT2D eigenvalue weighted by Crippen LogP contribution is -2.33. The Morgan fingerprint density at radius 2 is 1.95 bits per heavy atom. The van der Waals surface area contributed by atoms with Crippen LogP contribution in [0.25, 0.3) is 10.6 Å². The molecule has 0 radical (unpaired) electrons. The van der Waals surface area contributed by atoms with Gasteiger partial charge < -0.3 is 0 Å². The second-order valence-corrected chi connectivity index (χ2v) is 5.59. The molecule has 0 saturated carbocycles. The van der Waals surface area contributed by atoms with E-state index in [0.29, 0.717) is 16.7 Å². The molecule has 106 valence electrons. The van der Waals surface area contributed by atoms with E-state index < -0.39 is 0 Å². The number of amides is 1. The zero-order valence-corrected chi connectivity index (χ0v) is 12.4. The fraction of sp³-hybridized carbons (Fsp3) is 0.357. The van der Waals surface area contributed by atoms with Crippen molar-refractivity contribution in [3.05, 3.63) is 30.1 Å². The number of hydrogen-bond acceptors (Lipinski definition) is 4. The summed E-state index contributed by atoms with van der Waals surface area (Å²) in [6, 6.07) is 6.07. The van der Waals surface area contributed by atoms with Crippen LogP contribution in [0.5, 0.6) is 0 Å². The van der Waals surface area contributed by atoms with Gasteiger partial charge in [-0.1, -0.05) is 25.2 Å². The van der Waals surface area contributed by atoms with Crippen molar-refractivity contribution in [2.24, 2.45) is 5.92 Å². The standard InChI is InChI=1S/C14H16FN3OS/c1-4-18(13(19)9(2)3)14-17-16-12(20-14)10-5-7-11(15)8-6-10/h5-9H,4H2,1-3H3. The summed E-state index contributed by atoms with van der Waals surface area (Å²) in [5.41, 5.74) is 0.795. The lowest BCUT2D eigenvalue weighted by Gasteiger charge is -2.18. The number of anilines is 1. The minimum absolute atomic E-state index is 0.0225. The zero-order valence-electron chi connectivity index (χ0n) is 11.6. The number of carbonyl (C=O) groups excluding carboxylic acids is 1. The highest BCUT2D eigenvalue weighted by Crippen LogP contribution is 2.29. The Balaban J connectivity index is 2.27. The number of nitrogens with zero attached hydrogens (tertiary/aromatic N) is 3. The topological polar surface area (TPSA) is 46.1 Å². The first-order chi connectivity index (χ1) is 9.52. The van der Waals surface area contributed by atoms with Crippen LogP contribution in [0.1, 0.15) is 20.8 Å². The SMILES string of the molecule is CCN(C(=O)C(C)C)c1nnc(-c2ccc(F)cc2)s1.